The van der Waals surface area contributed by atoms with Gasteiger partial charge in [0.05, 0.1) is 17.0 Å². The van der Waals surface area contributed by atoms with E-state index in [2.05, 4.69) is 11.1 Å². The summed E-state index contributed by atoms with van der Waals surface area (Å²) < 4.78 is 26.8. The number of rotatable bonds is 5. The number of carbonyl (C=O) groups excluding carboxylic acids is 1. The number of anilines is 1. The van der Waals surface area contributed by atoms with Gasteiger partial charge in [0.15, 0.2) is 0 Å². The van der Waals surface area contributed by atoms with Gasteiger partial charge in [-0.25, -0.2) is 13.4 Å². The molecular formula is C21H25N5O3S. The SMILES string of the molecule is Cc1ccc(S(=O)(=O)N(C)CC(=O)N2CCN(c3ncccc3C#N)CC2)cc1C. The molecule has 0 N–H and O–H groups in total. The van der Waals surface area contributed by atoms with Gasteiger partial charge in [-0.05, 0) is 49.2 Å². The van der Waals surface area contributed by atoms with Crippen LogP contribution in [0.25, 0.3) is 0 Å². The van der Waals surface area contributed by atoms with Crippen LogP contribution >= 0.6 is 0 Å². The summed E-state index contributed by atoms with van der Waals surface area (Å²) in [5, 5.41) is 9.25. The number of aromatic nitrogens is 1. The van der Waals surface area contributed by atoms with E-state index in [1.165, 1.54) is 7.05 Å². The number of benzene rings is 1. The number of carbonyl (C=O) groups is 1. The number of pyridine rings is 1. The molecule has 0 bridgehead atoms. The van der Waals surface area contributed by atoms with Crippen LogP contribution in [0.3, 0.4) is 0 Å². The molecule has 30 heavy (non-hydrogen) atoms. The van der Waals surface area contributed by atoms with Crippen LogP contribution in [0.1, 0.15) is 16.7 Å². The van der Waals surface area contributed by atoms with Crippen LogP contribution in [0.2, 0.25) is 0 Å². The Morgan fingerprint density at radius 1 is 1.17 bits per heavy atom. The third kappa shape index (κ3) is 4.45. The van der Waals surface area contributed by atoms with Crippen LogP contribution in [0, 0.1) is 25.2 Å². The fourth-order valence-electron chi connectivity index (χ4n) is 3.33. The lowest BCUT2D eigenvalue weighted by molar-refractivity contribution is -0.131. The van der Waals surface area contributed by atoms with Crippen molar-refractivity contribution >= 4 is 21.7 Å². The molecule has 1 aromatic heterocycles. The first kappa shape index (κ1) is 21.7. The van der Waals surface area contributed by atoms with E-state index in [1.807, 2.05) is 18.7 Å². The Labute approximate surface area is 177 Å². The van der Waals surface area contributed by atoms with Gasteiger partial charge in [-0.15, -0.1) is 0 Å². The fourth-order valence-corrected chi connectivity index (χ4v) is 4.54. The van der Waals surface area contributed by atoms with E-state index in [1.54, 1.807) is 41.4 Å². The molecule has 0 saturated carbocycles. The van der Waals surface area contributed by atoms with Gasteiger partial charge in [-0.3, -0.25) is 4.79 Å². The van der Waals surface area contributed by atoms with E-state index in [0.29, 0.717) is 37.6 Å². The number of hydrogen-bond donors (Lipinski definition) is 0. The Bertz CT molecular complexity index is 1090. The van der Waals surface area contributed by atoms with Crippen molar-refractivity contribution in [1.82, 2.24) is 14.2 Å². The second kappa shape index (κ2) is 8.81. The van der Waals surface area contributed by atoms with Gasteiger partial charge >= 0.3 is 0 Å². The number of aryl methyl sites for hydroxylation is 2. The Morgan fingerprint density at radius 2 is 1.87 bits per heavy atom. The molecule has 1 aliphatic heterocycles. The minimum absolute atomic E-state index is 0.185. The fraction of sp³-hybridized carbons (Fsp3) is 0.381. The molecule has 2 heterocycles. The van der Waals surface area contributed by atoms with Crippen molar-refractivity contribution in [1.29, 1.82) is 5.26 Å². The lowest BCUT2D eigenvalue weighted by atomic mass is 10.1. The monoisotopic (exact) mass is 427 g/mol. The summed E-state index contributed by atoms with van der Waals surface area (Å²) in [5.74, 6) is 0.368. The molecule has 9 heteroatoms. The Morgan fingerprint density at radius 3 is 2.50 bits per heavy atom. The van der Waals surface area contributed by atoms with Gasteiger partial charge < -0.3 is 9.80 Å². The maximum atomic E-state index is 12.8. The van der Waals surface area contributed by atoms with Gasteiger partial charge in [-0.2, -0.15) is 9.57 Å². The summed E-state index contributed by atoms with van der Waals surface area (Å²) in [7, 11) is -2.32. The summed E-state index contributed by atoms with van der Waals surface area (Å²) in [4.78, 5) is 20.8. The molecule has 0 atom stereocenters. The minimum atomic E-state index is -3.75. The standard InChI is InChI=1S/C21H25N5O3S/c1-16-6-7-19(13-17(16)2)30(28,29)24(3)15-20(27)25-9-11-26(12-10-25)21-18(14-22)5-4-8-23-21/h4-8,13H,9-12,15H2,1-3H3. The zero-order valence-corrected chi connectivity index (χ0v) is 18.2. The van der Waals surface area contributed by atoms with E-state index in [4.69, 9.17) is 0 Å². The number of likely N-dealkylation sites (N-methyl/N-ethyl adjacent to an activating group) is 1. The Balaban J connectivity index is 1.63. The molecule has 0 unspecified atom stereocenters. The van der Waals surface area contributed by atoms with E-state index in [9.17, 15) is 18.5 Å². The normalized spacial score (nSPS) is 14.6. The number of hydrogen-bond acceptors (Lipinski definition) is 6. The molecule has 1 fully saturated rings. The second-order valence-electron chi connectivity index (χ2n) is 7.36. The summed E-state index contributed by atoms with van der Waals surface area (Å²) in [6.45, 7) is 5.51. The molecule has 8 nitrogen and oxygen atoms in total. The van der Waals surface area contributed by atoms with Crippen molar-refractivity contribution in [2.75, 3.05) is 44.7 Å². The number of piperazine rings is 1. The summed E-state index contributed by atoms with van der Waals surface area (Å²) >= 11 is 0. The lowest BCUT2D eigenvalue weighted by Crippen LogP contribution is -2.51. The zero-order chi connectivity index (χ0) is 21.9. The molecule has 1 aromatic carbocycles. The molecule has 1 amide bonds. The van der Waals surface area contributed by atoms with Crippen molar-refractivity contribution in [3.05, 3.63) is 53.2 Å². The van der Waals surface area contributed by atoms with Gasteiger partial charge in [0.2, 0.25) is 15.9 Å². The van der Waals surface area contributed by atoms with E-state index in [-0.39, 0.29) is 17.3 Å². The van der Waals surface area contributed by atoms with E-state index >= 15 is 0 Å². The van der Waals surface area contributed by atoms with Crippen LogP contribution in [0.5, 0.6) is 0 Å². The first-order valence-electron chi connectivity index (χ1n) is 9.65. The minimum Gasteiger partial charge on any atom is -0.352 e. The van der Waals surface area contributed by atoms with Gasteiger partial charge in [0, 0.05) is 39.4 Å². The van der Waals surface area contributed by atoms with Crippen LogP contribution in [0.4, 0.5) is 5.82 Å². The highest BCUT2D eigenvalue weighted by molar-refractivity contribution is 7.89. The van der Waals surface area contributed by atoms with Gasteiger partial charge in [0.1, 0.15) is 11.9 Å². The van der Waals surface area contributed by atoms with Crippen LogP contribution < -0.4 is 4.90 Å². The summed E-state index contributed by atoms with van der Waals surface area (Å²) in [5.41, 5.74) is 2.40. The average molecular weight is 428 g/mol. The molecule has 1 saturated heterocycles. The van der Waals surface area contributed by atoms with Crippen LogP contribution in [-0.2, 0) is 14.8 Å². The molecule has 0 spiro atoms. The smallest absolute Gasteiger partial charge is 0.243 e. The van der Waals surface area contributed by atoms with Gasteiger partial charge in [0.25, 0.3) is 0 Å². The first-order chi connectivity index (χ1) is 14.2. The molecule has 3 rings (SSSR count). The van der Waals surface area contributed by atoms with Crippen molar-refractivity contribution in [2.24, 2.45) is 0 Å². The predicted octanol–water partition coefficient (Wildman–Crippen LogP) is 1.54. The summed E-state index contributed by atoms with van der Waals surface area (Å²) in [6.07, 6.45) is 1.64. The Hall–Kier alpha value is -2.96. The molecule has 2 aromatic rings. The third-order valence-corrected chi connectivity index (χ3v) is 7.18. The summed E-state index contributed by atoms with van der Waals surface area (Å²) in [6, 6.07) is 10.5. The number of nitriles is 1. The molecule has 1 aliphatic rings. The van der Waals surface area contributed by atoms with E-state index in [0.717, 1.165) is 15.4 Å². The van der Waals surface area contributed by atoms with Crippen LogP contribution in [0.15, 0.2) is 41.4 Å². The quantitative estimate of drug-likeness (QED) is 0.718. The highest BCUT2D eigenvalue weighted by Gasteiger charge is 2.28. The molecule has 158 valence electrons. The number of sulfonamides is 1. The lowest BCUT2D eigenvalue weighted by Gasteiger charge is -2.36. The van der Waals surface area contributed by atoms with Crippen molar-refractivity contribution in [2.45, 2.75) is 18.7 Å². The van der Waals surface area contributed by atoms with Crippen LogP contribution in [-0.4, -0.2) is 68.3 Å². The van der Waals surface area contributed by atoms with Gasteiger partial charge in [-0.1, -0.05) is 6.07 Å². The molecular weight excluding hydrogens is 402 g/mol. The maximum absolute atomic E-state index is 12.8. The number of amides is 1. The average Bonchev–Trinajstić information content (AvgIpc) is 2.75. The Kier molecular flexibility index (Phi) is 6.39. The highest BCUT2D eigenvalue weighted by Crippen LogP contribution is 2.20. The maximum Gasteiger partial charge on any atom is 0.243 e. The largest absolute Gasteiger partial charge is 0.352 e. The van der Waals surface area contributed by atoms with Crippen molar-refractivity contribution in [3.63, 3.8) is 0 Å². The second-order valence-corrected chi connectivity index (χ2v) is 9.41. The molecule has 0 aliphatic carbocycles. The topological polar surface area (TPSA) is 97.6 Å². The third-order valence-electron chi connectivity index (χ3n) is 5.38. The number of nitrogens with zero attached hydrogens (tertiary/aromatic N) is 5. The van der Waals surface area contributed by atoms with E-state index < -0.39 is 10.0 Å². The van der Waals surface area contributed by atoms with Crippen molar-refractivity contribution in [3.8, 4) is 6.07 Å². The first-order valence-corrected chi connectivity index (χ1v) is 11.1. The predicted molar refractivity (Wildman–Crippen MR) is 113 cm³/mol. The zero-order valence-electron chi connectivity index (χ0n) is 17.4. The molecule has 0 radical (unpaired) electrons. The van der Waals surface area contributed by atoms with Crippen molar-refractivity contribution < 1.29 is 13.2 Å². The highest BCUT2D eigenvalue weighted by atomic mass is 32.2.